The van der Waals surface area contributed by atoms with Gasteiger partial charge in [0.05, 0.1) is 16.6 Å². The molecule has 0 bridgehead atoms. The molecule has 1 atom stereocenters. The number of likely N-dealkylation sites (N-methyl/N-ethyl adjacent to an activating group) is 1. The highest BCUT2D eigenvalue weighted by Crippen LogP contribution is 2.28. The van der Waals surface area contributed by atoms with Gasteiger partial charge in [-0.2, -0.15) is 0 Å². The molecule has 1 amide bonds. The van der Waals surface area contributed by atoms with Crippen LogP contribution in [-0.2, 0) is 6.54 Å². The van der Waals surface area contributed by atoms with Crippen LogP contribution in [0.3, 0.4) is 0 Å². The summed E-state index contributed by atoms with van der Waals surface area (Å²) in [5, 5.41) is 10.3. The topological polar surface area (TPSA) is 43.8 Å². The van der Waals surface area contributed by atoms with E-state index in [-0.39, 0.29) is 12.6 Å². The van der Waals surface area contributed by atoms with Gasteiger partial charge < -0.3 is 10.0 Å². The van der Waals surface area contributed by atoms with Gasteiger partial charge in [-0.1, -0.05) is 35.3 Å². The van der Waals surface area contributed by atoms with Crippen LogP contribution in [0.25, 0.3) is 0 Å². The van der Waals surface area contributed by atoms with Crippen LogP contribution in [0.5, 0.6) is 0 Å². The minimum absolute atomic E-state index is 0.0116. The smallest absolute Gasteiger partial charge is 0.407 e. The summed E-state index contributed by atoms with van der Waals surface area (Å²) in [7, 11) is 1.99. The zero-order valence-electron chi connectivity index (χ0n) is 10.6. The molecule has 1 aliphatic heterocycles. The maximum absolute atomic E-state index is 11.4. The fraction of sp³-hybridized carbons (Fsp3) is 0.462. The molecule has 104 valence electrons. The minimum atomic E-state index is -0.920. The molecule has 0 aromatic heterocycles. The van der Waals surface area contributed by atoms with Crippen LogP contribution in [0.2, 0.25) is 10.0 Å². The Bertz CT molecular complexity index is 482. The van der Waals surface area contributed by atoms with Gasteiger partial charge in [0.25, 0.3) is 0 Å². The van der Waals surface area contributed by atoms with Crippen molar-refractivity contribution >= 4 is 29.3 Å². The first kappa shape index (κ1) is 14.4. The van der Waals surface area contributed by atoms with Crippen LogP contribution in [0.1, 0.15) is 12.0 Å². The number of rotatable bonds is 3. The first-order valence-corrected chi connectivity index (χ1v) is 6.85. The lowest BCUT2D eigenvalue weighted by atomic mass is 10.1. The quantitative estimate of drug-likeness (QED) is 0.932. The van der Waals surface area contributed by atoms with E-state index in [1.807, 2.05) is 13.1 Å². The van der Waals surface area contributed by atoms with E-state index in [4.69, 9.17) is 23.2 Å². The van der Waals surface area contributed by atoms with E-state index < -0.39 is 6.09 Å². The van der Waals surface area contributed by atoms with Crippen molar-refractivity contribution in [3.05, 3.63) is 33.8 Å². The molecule has 1 aromatic rings. The van der Waals surface area contributed by atoms with E-state index in [0.717, 1.165) is 25.1 Å². The van der Waals surface area contributed by atoms with E-state index in [2.05, 4.69) is 4.90 Å². The van der Waals surface area contributed by atoms with Gasteiger partial charge >= 0.3 is 6.09 Å². The number of halogens is 2. The molecule has 0 radical (unpaired) electrons. The number of nitrogens with zero attached hydrogens (tertiary/aromatic N) is 2. The van der Waals surface area contributed by atoms with Gasteiger partial charge in [0.1, 0.15) is 0 Å². The Labute approximate surface area is 122 Å². The molecule has 19 heavy (non-hydrogen) atoms. The molecule has 0 aliphatic carbocycles. The van der Waals surface area contributed by atoms with Crippen molar-refractivity contribution < 1.29 is 9.90 Å². The summed E-state index contributed by atoms with van der Waals surface area (Å²) in [6.45, 7) is 1.94. The molecule has 1 aliphatic rings. The lowest BCUT2D eigenvalue weighted by Crippen LogP contribution is -2.40. The number of likely N-dealkylation sites (tertiary alicyclic amines) is 1. The largest absolute Gasteiger partial charge is 0.465 e. The van der Waals surface area contributed by atoms with Gasteiger partial charge in [0.15, 0.2) is 0 Å². The SMILES string of the molecule is CN1CCC(N(Cc2cccc(Cl)c2Cl)C(=O)O)C1. The molecule has 0 spiro atoms. The highest BCUT2D eigenvalue weighted by molar-refractivity contribution is 6.42. The molecule has 1 aromatic carbocycles. The van der Waals surface area contributed by atoms with Crippen molar-refractivity contribution in [2.45, 2.75) is 19.0 Å². The summed E-state index contributed by atoms with van der Waals surface area (Å²) in [4.78, 5) is 15.0. The maximum atomic E-state index is 11.4. The van der Waals surface area contributed by atoms with Crippen molar-refractivity contribution in [3.63, 3.8) is 0 Å². The molecular formula is C13H16Cl2N2O2. The zero-order chi connectivity index (χ0) is 14.0. The van der Waals surface area contributed by atoms with E-state index in [1.54, 1.807) is 12.1 Å². The third-order valence-electron chi connectivity index (χ3n) is 3.43. The molecule has 0 saturated carbocycles. The number of carbonyl (C=O) groups is 1. The van der Waals surface area contributed by atoms with Gasteiger partial charge in [-0.25, -0.2) is 4.79 Å². The van der Waals surface area contributed by atoms with E-state index in [0.29, 0.717) is 10.0 Å². The molecule has 1 unspecified atom stereocenters. The van der Waals surface area contributed by atoms with Crippen LogP contribution >= 0.6 is 23.2 Å². The highest BCUT2D eigenvalue weighted by Gasteiger charge is 2.29. The average molecular weight is 303 g/mol. The van der Waals surface area contributed by atoms with E-state index in [1.165, 1.54) is 4.90 Å². The summed E-state index contributed by atoms with van der Waals surface area (Å²) in [5.74, 6) is 0. The Kier molecular flexibility index (Phi) is 4.55. The molecular weight excluding hydrogens is 287 g/mol. The molecule has 1 N–H and O–H groups in total. The van der Waals surface area contributed by atoms with Gasteiger partial charge in [-0.3, -0.25) is 4.90 Å². The number of amides is 1. The molecule has 1 heterocycles. The Morgan fingerprint density at radius 3 is 2.84 bits per heavy atom. The van der Waals surface area contributed by atoms with Crippen molar-refractivity contribution in [1.82, 2.24) is 9.80 Å². The van der Waals surface area contributed by atoms with Crippen LogP contribution in [0.4, 0.5) is 4.79 Å². The first-order chi connectivity index (χ1) is 8.99. The van der Waals surface area contributed by atoms with Crippen molar-refractivity contribution in [1.29, 1.82) is 0 Å². The van der Waals surface area contributed by atoms with Crippen LogP contribution in [0, 0.1) is 0 Å². The molecule has 6 heteroatoms. The molecule has 1 fully saturated rings. The Morgan fingerprint density at radius 2 is 2.26 bits per heavy atom. The zero-order valence-corrected chi connectivity index (χ0v) is 12.2. The standard InChI is InChI=1S/C13H16Cl2N2O2/c1-16-6-5-10(8-16)17(13(18)19)7-9-3-2-4-11(14)12(9)15/h2-4,10H,5-8H2,1H3,(H,18,19). The Morgan fingerprint density at radius 1 is 1.53 bits per heavy atom. The summed E-state index contributed by atoms with van der Waals surface area (Å²) in [5.41, 5.74) is 0.742. The molecule has 4 nitrogen and oxygen atoms in total. The number of hydrogen-bond donors (Lipinski definition) is 1. The fourth-order valence-corrected chi connectivity index (χ4v) is 2.75. The van der Waals surface area contributed by atoms with Crippen LogP contribution in [-0.4, -0.2) is 47.2 Å². The lowest BCUT2D eigenvalue weighted by molar-refractivity contribution is 0.122. The summed E-state index contributed by atoms with van der Waals surface area (Å²) >= 11 is 12.1. The number of benzene rings is 1. The fourth-order valence-electron chi connectivity index (χ4n) is 2.37. The minimum Gasteiger partial charge on any atom is -0.465 e. The average Bonchev–Trinajstić information content (AvgIpc) is 2.77. The van der Waals surface area contributed by atoms with Crippen LogP contribution < -0.4 is 0 Å². The van der Waals surface area contributed by atoms with Gasteiger partial charge in [-0.05, 0) is 31.6 Å². The van der Waals surface area contributed by atoms with Crippen molar-refractivity contribution in [3.8, 4) is 0 Å². The van der Waals surface area contributed by atoms with Gasteiger partial charge in [0, 0.05) is 12.6 Å². The van der Waals surface area contributed by atoms with Crippen molar-refractivity contribution in [2.75, 3.05) is 20.1 Å². The van der Waals surface area contributed by atoms with Gasteiger partial charge in [0.2, 0.25) is 0 Å². The van der Waals surface area contributed by atoms with Crippen LogP contribution in [0.15, 0.2) is 18.2 Å². The van der Waals surface area contributed by atoms with E-state index >= 15 is 0 Å². The number of carboxylic acid groups (broad SMARTS) is 1. The Balaban J connectivity index is 2.17. The lowest BCUT2D eigenvalue weighted by Gasteiger charge is -2.26. The van der Waals surface area contributed by atoms with E-state index in [9.17, 15) is 9.90 Å². The second-order valence-electron chi connectivity index (χ2n) is 4.83. The third-order valence-corrected chi connectivity index (χ3v) is 4.28. The third kappa shape index (κ3) is 3.32. The second-order valence-corrected chi connectivity index (χ2v) is 5.61. The van der Waals surface area contributed by atoms with Gasteiger partial charge in [-0.15, -0.1) is 0 Å². The highest BCUT2D eigenvalue weighted by atomic mass is 35.5. The first-order valence-electron chi connectivity index (χ1n) is 6.10. The molecule has 1 saturated heterocycles. The Hall–Kier alpha value is -0.970. The monoisotopic (exact) mass is 302 g/mol. The number of hydrogen-bond acceptors (Lipinski definition) is 2. The van der Waals surface area contributed by atoms with Crippen molar-refractivity contribution in [2.24, 2.45) is 0 Å². The summed E-state index contributed by atoms with van der Waals surface area (Å²) in [6, 6.07) is 5.30. The normalized spacial score (nSPS) is 19.6. The maximum Gasteiger partial charge on any atom is 0.407 e. The summed E-state index contributed by atoms with van der Waals surface area (Å²) < 4.78 is 0. The summed E-state index contributed by atoms with van der Waals surface area (Å²) in [6.07, 6.45) is -0.0719. The predicted molar refractivity (Wildman–Crippen MR) is 75.9 cm³/mol. The predicted octanol–water partition coefficient (Wildman–Crippen LogP) is 3.18. The second kappa shape index (κ2) is 5.99. The molecule has 2 rings (SSSR count).